The van der Waals surface area contributed by atoms with Gasteiger partial charge in [0.25, 0.3) is 0 Å². The summed E-state index contributed by atoms with van der Waals surface area (Å²) in [6.07, 6.45) is 0.850. The molecule has 17 heavy (non-hydrogen) atoms. The van der Waals surface area contributed by atoms with Gasteiger partial charge >= 0.3 is 0 Å². The van der Waals surface area contributed by atoms with Gasteiger partial charge in [-0.25, -0.2) is 0 Å². The number of hydrogen-bond acceptors (Lipinski definition) is 4. The van der Waals surface area contributed by atoms with Crippen LogP contribution >= 0.6 is 11.3 Å². The van der Waals surface area contributed by atoms with Gasteiger partial charge in [0, 0.05) is 31.2 Å². The molecule has 0 saturated heterocycles. The summed E-state index contributed by atoms with van der Waals surface area (Å²) in [7, 11) is 1.66. The smallest absolute Gasteiger partial charge is 0.233 e. The van der Waals surface area contributed by atoms with Crippen molar-refractivity contribution in [2.45, 2.75) is 19.4 Å². The Morgan fingerprint density at radius 1 is 1.59 bits per heavy atom. The lowest BCUT2D eigenvalue weighted by atomic mass is 10.3. The summed E-state index contributed by atoms with van der Waals surface area (Å²) >= 11 is 1.70. The molecule has 1 aromatic rings. The molecular formula is C12H20N2O2S. The summed E-state index contributed by atoms with van der Waals surface area (Å²) < 4.78 is 4.91. The number of nitrogens with one attached hydrogen (secondary N) is 2. The van der Waals surface area contributed by atoms with Crippen LogP contribution in [0.5, 0.6) is 0 Å². The monoisotopic (exact) mass is 256 g/mol. The van der Waals surface area contributed by atoms with Gasteiger partial charge in [0.2, 0.25) is 5.91 Å². The highest BCUT2D eigenvalue weighted by molar-refractivity contribution is 7.10. The maximum Gasteiger partial charge on any atom is 0.233 e. The molecule has 0 unspecified atom stereocenters. The van der Waals surface area contributed by atoms with Crippen LogP contribution in [0.3, 0.4) is 0 Å². The van der Waals surface area contributed by atoms with E-state index in [-0.39, 0.29) is 11.9 Å². The van der Waals surface area contributed by atoms with Gasteiger partial charge in [-0.15, -0.1) is 11.3 Å². The summed E-state index contributed by atoms with van der Waals surface area (Å²) in [5.74, 6) is 0.0320. The van der Waals surface area contributed by atoms with Gasteiger partial charge in [0.15, 0.2) is 0 Å². The van der Waals surface area contributed by atoms with Crippen molar-refractivity contribution in [1.29, 1.82) is 0 Å². The molecule has 4 nitrogen and oxygen atoms in total. The first kappa shape index (κ1) is 14.2. The number of methoxy groups -OCH3 is 1. The first-order chi connectivity index (χ1) is 8.24. The summed E-state index contributed by atoms with van der Waals surface area (Å²) in [6.45, 7) is 3.76. The zero-order valence-corrected chi connectivity index (χ0v) is 11.2. The summed E-state index contributed by atoms with van der Waals surface area (Å²) in [5, 5.41) is 8.07. The van der Waals surface area contributed by atoms with Crippen molar-refractivity contribution in [2.24, 2.45) is 0 Å². The highest BCUT2D eigenvalue weighted by Crippen LogP contribution is 2.17. The van der Waals surface area contributed by atoms with E-state index in [0.717, 1.165) is 6.42 Å². The predicted molar refractivity (Wildman–Crippen MR) is 70.2 cm³/mol. The standard InChI is InChI=1S/C12H20N2O2S/c1-10(11-5-3-8-17-11)14-9-12(15)13-6-4-7-16-2/h3,5,8,10,14H,4,6-7,9H2,1-2H3,(H,13,15)/t10-/m0/s1. The van der Waals surface area contributed by atoms with Crippen LogP contribution < -0.4 is 10.6 Å². The average Bonchev–Trinajstić information content (AvgIpc) is 2.85. The second-order valence-electron chi connectivity index (χ2n) is 3.81. The van der Waals surface area contributed by atoms with Crippen molar-refractivity contribution in [3.05, 3.63) is 22.4 Å². The molecule has 1 heterocycles. The molecule has 0 aromatic carbocycles. The number of rotatable bonds is 8. The van der Waals surface area contributed by atoms with Gasteiger partial charge in [-0.1, -0.05) is 6.07 Å². The number of hydrogen-bond donors (Lipinski definition) is 2. The lowest BCUT2D eigenvalue weighted by Crippen LogP contribution is -2.35. The van der Waals surface area contributed by atoms with Crippen molar-refractivity contribution in [1.82, 2.24) is 10.6 Å². The van der Waals surface area contributed by atoms with Gasteiger partial charge in [-0.2, -0.15) is 0 Å². The summed E-state index contributed by atoms with van der Waals surface area (Å²) in [5.41, 5.74) is 0. The molecule has 5 heteroatoms. The van der Waals surface area contributed by atoms with E-state index in [1.165, 1.54) is 4.88 Å². The molecule has 0 aliphatic carbocycles. The van der Waals surface area contributed by atoms with E-state index in [9.17, 15) is 4.79 Å². The Hall–Kier alpha value is -0.910. The van der Waals surface area contributed by atoms with E-state index in [1.54, 1.807) is 18.4 Å². The highest BCUT2D eigenvalue weighted by atomic mass is 32.1. The molecule has 2 N–H and O–H groups in total. The van der Waals surface area contributed by atoms with E-state index in [0.29, 0.717) is 19.7 Å². The Labute approximate surface area is 106 Å². The second-order valence-corrected chi connectivity index (χ2v) is 4.79. The Morgan fingerprint density at radius 3 is 3.06 bits per heavy atom. The number of thiophene rings is 1. The molecule has 0 aliphatic rings. The molecular weight excluding hydrogens is 236 g/mol. The molecule has 1 rings (SSSR count). The number of amides is 1. The minimum atomic E-state index is 0.0320. The molecule has 0 bridgehead atoms. The van der Waals surface area contributed by atoms with Gasteiger partial charge in [0.1, 0.15) is 0 Å². The number of carbonyl (C=O) groups excluding carboxylic acids is 1. The van der Waals surface area contributed by atoms with Crippen LogP contribution in [0.2, 0.25) is 0 Å². The Balaban J connectivity index is 2.11. The van der Waals surface area contributed by atoms with Gasteiger partial charge in [-0.05, 0) is 24.8 Å². The van der Waals surface area contributed by atoms with Crippen molar-refractivity contribution in [2.75, 3.05) is 26.8 Å². The molecule has 0 spiro atoms. The Bertz CT molecular complexity index is 314. The van der Waals surface area contributed by atoms with Crippen LogP contribution in [0.15, 0.2) is 17.5 Å². The molecule has 1 aromatic heterocycles. The summed E-state index contributed by atoms with van der Waals surface area (Å²) in [4.78, 5) is 12.7. The van der Waals surface area contributed by atoms with Crippen LogP contribution in [0.1, 0.15) is 24.3 Å². The van der Waals surface area contributed by atoms with Crippen molar-refractivity contribution >= 4 is 17.2 Å². The number of ether oxygens (including phenoxy) is 1. The average molecular weight is 256 g/mol. The lowest BCUT2D eigenvalue weighted by Gasteiger charge is -2.11. The van der Waals surface area contributed by atoms with E-state index < -0.39 is 0 Å². The molecule has 96 valence electrons. The normalized spacial score (nSPS) is 12.4. The Kier molecular flexibility index (Phi) is 6.84. The van der Waals surface area contributed by atoms with Crippen molar-refractivity contribution in [3.8, 4) is 0 Å². The minimum absolute atomic E-state index is 0.0320. The predicted octanol–water partition coefficient (Wildman–Crippen LogP) is 1.55. The number of carbonyl (C=O) groups is 1. The zero-order chi connectivity index (χ0) is 12.5. The third-order valence-corrected chi connectivity index (χ3v) is 3.44. The molecule has 0 saturated carbocycles. The first-order valence-electron chi connectivity index (χ1n) is 5.76. The quantitative estimate of drug-likeness (QED) is 0.694. The van der Waals surface area contributed by atoms with Crippen LogP contribution in [-0.2, 0) is 9.53 Å². The topological polar surface area (TPSA) is 50.4 Å². The van der Waals surface area contributed by atoms with Crippen molar-refractivity contribution in [3.63, 3.8) is 0 Å². The van der Waals surface area contributed by atoms with E-state index in [1.807, 2.05) is 11.4 Å². The molecule has 1 atom stereocenters. The Morgan fingerprint density at radius 2 is 2.41 bits per heavy atom. The highest BCUT2D eigenvalue weighted by Gasteiger charge is 2.07. The molecule has 1 amide bonds. The van der Waals surface area contributed by atoms with E-state index >= 15 is 0 Å². The molecule has 0 fully saturated rings. The first-order valence-corrected chi connectivity index (χ1v) is 6.64. The lowest BCUT2D eigenvalue weighted by molar-refractivity contribution is -0.120. The van der Waals surface area contributed by atoms with E-state index in [2.05, 4.69) is 23.6 Å². The van der Waals surface area contributed by atoms with Crippen LogP contribution in [-0.4, -0.2) is 32.7 Å². The minimum Gasteiger partial charge on any atom is -0.385 e. The second kappa shape index (κ2) is 8.22. The fourth-order valence-corrected chi connectivity index (χ4v) is 2.15. The van der Waals surface area contributed by atoms with Gasteiger partial charge < -0.3 is 15.4 Å². The van der Waals surface area contributed by atoms with E-state index in [4.69, 9.17) is 4.74 Å². The van der Waals surface area contributed by atoms with Gasteiger partial charge in [-0.3, -0.25) is 4.79 Å². The third-order valence-electron chi connectivity index (χ3n) is 2.39. The maximum absolute atomic E-state index is 11.5. The molecule has 0 aliphatic heterocycles. The van der Waals surface area contributed by atoms with Crippen LogP contribution in [0, 0.1) is 0 Å². The van der Waals surface area contributed by atoms with Crippen LogP contribution in [0.4, 0.5) is 0 Å². The van der Waals surface area contributed by atoms with Crippen molar-refractivity contribution < 1.29 is 9.53 Å². The maximum atomic E-state index is 11.5. The van der Waals surface area contributed by atoms with Gasteiger partial charge in [0.05, 0.1) is 6.54 Å². The summed E-state index contributed by atoms with van der Waals surface area (Å²) in [6, 6.07) is 4.31. The molecule has 0 radical (unpaired) electrons. The fraction of sp³-hybridized carbons (Fsp3) is 0.583. The SMILES string of the molecule is COCCCNC(=O)CN[C@@H](C)c1cccs1. The third kappa shape index (κ3) is 5.81. The van der Waals surface area contributed by atoms with Crippen LogP contribution in [0.25, 0.3) is 0 Å². The zero-order valence-electron chi connectivity index (χ0n) is 10.4. The largest absolute Gasteiger partial charge is 0.385 e. The fourth-order valence-electron chi connectivity index (χ4n) is 1.39.